The smallest absolute Gasteiger partial charge is 0.339 e. The molecule has 0 atom stereocenters. The number of esters is 1. The average Bonchev–Trinajstić information content (AvgIpc) is 2.72. The molecule has 154 valence electrons. The maximum atomic E-state index is 12.6. The Kier molecular flexibility index (Phi) is 8.02. The topological polar surface area (TPSA) is 96.7 Å². The third-order valence-corrected chi connectivity index (χ3v) is 6.45. The Morgan fingerprint density at radius 3 is 2.34 bits per heavy atom. The lowest BCUT2D eigenvalue weighted by Gasteiger charge is -2.19. The van der Waals surface area contributed by atoms with Gasteiger partial charge in [-0.2, -0.15) is 9.57 Å². The van der Waals surface area contributed by atoms with Crippen LogP contribution >= 0.6 is 11.6 Å². The number of benzene rings is 2. The second-order valence-electron chi connectivity index (χ2n) is 5.85. The van der Waals surface area contributed by atoms with Crippen LogP contribution in [0.1, 0.15) is 29.8 Å². The molecule has 0 unspecified atom stereocenters. The molecule has 0 fully saturated rings. The molecule has 0 aliphatic rings. The number of halogens is 1. The summed E-state index contributed by atoms with van der Waals surface area (Å²) in [6.07, 6.45) is 0. The van der Waals surface area contributed by atoms with Crippen LogP contribution in [0.15, 0.2) is 47.4 Å². The molecule has 0 saturated heterocycles. The molecule has 2 aromatic rings. The van der Waals surface area contributed by atoms with Gasteiger partial charge in [-0.1, -0.05) is 25.4 Å². The van der Waals surface area contributed by atoms with Crippen LogP contribution in [0, 0.1) is 11.3 Å². The van der Waals surface area contributed by atoms with E-state index < -0.39 is 16.0 Å². The first kappa shape index (κ1) is 22.7. The van der Waals surface area contributed by atoms with Gasteiger partial charge < -0.3 is 9.47 Å². The van der Waals surface area contributed by atoms with E-state index in [1.165, 1.54) is 22.5 Å². The highest BCUT2D eigenvalue weighted by atomic mass is 35.5. The summed E-state index contributed by atoms with van der Waals surface area (Å²) >= 11 is 6.06. The Labute approximate surface area is 175 Å². The lowest BCUT2D eigenvalue weighted by atomic mass is 10.2. The summed E-state index contributed by atoms with van der Waals surface area (Å²) in [5.41, 5.74) is 0.483. The summed E-state index contributed by atoms with van der Waals surface area (Å²) in [6.45, 7) is 4.14. The number of carbonyl (C=O) groups is 1. The minimum Gasteiger partial charge on any atom is -0.490 e. The van der Waals surface area contributed by atoms with Crippen LogP contribution in [0.4, 0.5) is 0 Å². The molecular weight excluding hydrogens is 416 g/mol. The second-order valence-corrected chi connectivity index (χ2v) is 8.20. The SMILES string of the molecule is CCN(CC)S(=O)(=O)c1ccc(Cl)c(C(=O)OCCOc2ccc(C#N)cc2)c1. The van der Waals surface area contributed by atoms with Gasteiger partial charge in [-0.3, -0.25) is 0 Å². The fourth-order valence-electron chi connectivity index (χ4n) is 2.53. The standard InChI is InChI=1S/C20H21ClN2O5S/c1-3-23(4-2)29(25,26)17-9-10-19(21)18(13-17)20(24)28-12-11-27-16-7-5-15(14-22)6-8-16/h5-10,13H,3-4,11-12H2,1-2H3. The number of hydrogen-bond donors (Lipinski definition) is 0. The molecule has 0 saturated carbocycles. The van der Waals surface area contributed by atoms with Gasteiger partial charge in [-0.05, 0) is 42.5 Å². The van der Waals surface area contributed by atoms with Crippen molar-refractivity contribution in [3.63, 3.8) is 0 Å². The van der Waals surface area contributed by atoms with Gasteiger partial charge in [0.05, 0.1) is 27.1 Å². The highest BCUT2D eigenvalue weighted by molar-refractivity contribution is 7.89. The van der Waals surface area contributed by atoms with Crippen LogP contribution in [-0.4, -0.2) is 45.0 Å². The van der Waals surface area contributed by atoms with Crippen molar-refractivity contribution in [3.8, 4) is 11.8 Å². The van der Waals surface area contributed by atoms with Crippen molar-refractivity contribution >= 4 is 27.6 Å². The van der Waals surface area contributed by atoms with Crippen LogP contribution in [-0.2, 0) is 14.8 Å². The predicted molar refractivity (Wildman–Crippen MR) is 108 cm³/mol. The molecule has 7 nitrogen and oxygen atoms in total. The van der Waals surface area contributed by atoms with Crippen molar-refractivity contribution in [2.75, 3.05) is 26.3 Å². The van der Waals surface area contributed by atoms with Crippen LogP contribution < -0.4 is 4.74 Å². The zero-order valence-electron chi connectivity index (χ0n) is 16.1. The van der Waals surface area contributed by atoms with Gasteiger partial charge in [0.1, 0.15) is 19.0 Å². The number of sulfonamides is 1. The van der Waals surface area contributed by atoms with Crippen molar-refractivity contribution in [1.82, 2.24) is 4.31 Å². The van der Waals surface area contributed by atoms with Crippen molar-refractivity contribution < 1.29 is 22.7 Å². The molecule has 0 heterocycles. The average molecular weight is 437 g/mol. The zero-order chi connectivity index (χ0) is 21.4. The van der Waals surface area contributed by atoms with E-state index in [0.717, 1.165) is 0 Å². The van der Waals surface area contributed by atoms with Crippen LogP contribution in [0.25, 0.3) is 0 Å². The highest BCUT2D eigenvalue weighted by Crippen LogP contribution is 2.23. The van der Waals surface area contributed by atoms with E-state index in [0.29, 0.717) is 24.4 Å². The van der Waals surface area contributed by atoms with Crippen molar-refractivity contribution in [1.29, 1.82) is 5.26 Å². The zero-order valence-corrected chi connectivity index (χ0v) is 17.7. The first-order valence-electron chi connectivity index (χ1n) is 8.93. The lowest BCUT2D eigenvalue weighted by molar-refractivity contribution is 0.0450. The molecule has 29 heavy (non-hydrogen) atoms. The van der Waals surface area contributed by atoms with Crippen molar-refractivity contribution in [3.05, 3.63) is 58.6 Å². The van der Waals surface area contributed by atoms with Gasteiger partial charge in [0.2, 0.25) is 10.0 Å². The van der Waals surface area contributed by atoms with Gasteiger partial charge in [0, 0.05) is 13.1 Å². The number of ether oxygens (including phenoxy) is 2. The summed E-state index contributed by atoms with van der Waals surface area (Å²) in [6, 6.07) is 12.5. The van der Waals surface area contributed by atoms with Crippen molar-refractivity contribution in [2.45, 2.75) is 18.7 Å². The maximum Gasteiger partial charge on any atom is 0.339 e. The van der Waals surface area contributed by atoms with Gasteiger partial charge in [-0.25, -0.2) is 13.2 Å². The quantitative estimate of drug-likeness (QED) is 0.441. The van der Waals surface area contributed by atoms with Crippen LogP contribution in [0.5, 0.6) is 5.75 Å². The lowest BCUT2D eigenvalue weighted by Crippen LogP contribution is -2.30. The van der Waals surface area contributed by atoms with Crippen molar-refractivity contribution in [2.24, 2.45) is 0 Å². The van der Waals surface area contributed by atoms with Gasteiger partial charge in [0.25, 0.3) is 0 Å². The molecule has 0 aliphatic heterocycles. The predicted octanol–water partition coefficient (Wildman–Crippen LogP) is 3.48. The molecule has 9 heteroatoms. The Hall–Kier alpha value is -2.60. The Bertz CT molecular complexity index is 997. The number of nitriles is 1. The molecule has 0 radical (unpaired) electrons. The molecule has 0 bridgehead atoms. The molecule has 0 N–H and O–H groups in total. The Morgan fingerprint density at radius 1 is 1.10 bits per heavy atom. The molecule has 0 aromatic heterocycles. The van der Waals surface area contributed by atoms with E-state index in [2.05, 4.69) is 0 Å². The van der Waals surface area contributed by atoms with E-state index in [-0.39, 0.29) is 28.7 Å². The van der Waals surface area contributed by atoms with E-state index >= 15 is 0 Å². The van der Waals surface area contributed by atoms with Crippen LogP contribution in [0.3, 0.4) is 0 Å². The van der Waals surface area contributed by atoms with Gasteiger partial charge in [-0.15, -0.1) is 0 Å². The number of hydrogen-bond acceptors (Lipinski definition) is 6. The maximum absolute atomic E-state index is 12.6. The Balaban J connectivity index is 2.02. The normalized spacial score (nSPS) is 11.1. The first-order valence-corrected chi connectivity index (χ1v) is 10.7. The third kappa shape index (κ3) is 5.70. The summed E-state index contributed by atoms with van der Waals surface area (Å²) < 4.78 is 37.1. The number of carbonyl (C=O) groups excluding carboxylic acids is 1. The fraction of sp³-hybridized carbons (Fsp3) is 0.300. The minimum atomic E-state index is -3.72. The number of nitrogens with zero attached hydrogens (tertiary/aromatic N) is 2. The summed E-state index contributed by atoms with van der Waals surface area (Å²) in [4.78, 5) is 12.3. The van der Waals surface area contributed by atoms with Gasteiger partial charge in [0.15, 0.2) is 0 Å². The van der Waals surface area contributed by atoms with E-state index in [1.54, 1.807) is 38.1 Å². The first-order chi connectivity index (χ1) is 13.8. The summed E-state index contributed by atoms with van der Waals surface area (Å²) in [5.74, 6) is -0.208. The summed E-state index contributed by atoms with van der Waals surface area (Å²) in [5, 5.41) is 8.86. The molecule has 2 aromatic carbocycles. The Morgan fingerprint density at radius 2 is 1.76 bits per heavy atom. The van der Waals surface area contributed by atoms with Gasteiger partial charge >= 0.3 is 5.97 Å². The third-order valence-electron chi connectivity index (χ3n) is 4.07. The molecule has 2 rings (SSSR count). The number of rotatable bonds is 9. The van der Waals surface area contributed by atoms with Crippen LogP contribution in [0.2, 0.25) is 5.02 Å². The molecule has 0 amide bonds. The fourth-order valence-corrected chi connectivity index (χ4v) is 4.21. The molecule has 0 spiro atoms. The highest BCUT2D eigenvalue weighted by Gasteiger charge is 2.24. The molecule has 0 aliphatic carbocycles. The minimum absolute atomic E-state index is 0.0219. The van der Waals surface area contributed by atoms with E-state index in [9.17, 15) is 13.2 Å². The molecular formula is C20H21ClN2O5S. The van der Waals surface area contributed by atoms with E-state index in [4.69, 9.17) is 26.3 Å². The second kappa shape index (κ2) is 10.3. The summed E-state index contributed by atoms with van der Waals surface area (Å²) in [7, 11) is -3.72. The monoisotopic (exact) mass is 436 g/mol. The van der Waals surface area contributed by atoms with E-state index in [1.807, 2.05) is 6.07 Å². The largest absolute Gasteiger partial charge is 0.490 e.